The molecule has 28 heavy (non-hydrogen) atoms. The molecule has 1 saturated heterocycles. The minimum atomic E-state index is -0.0244. The zero-order valence-electron chi connectivity index (χ0n) is 16.9. The normalized spacial score (nSPS) is 18.1. The van der Waals surface area contributed by atoms with Gasteiger partial charge < -0.3 is 20.3 Å². The fourth-order valence-electron chi connectivity index (χ4n) is 3.19. The molecule has 0 spiro atoms. The van der Waals surface area contributed by atoms with Gasteiger partial charge in [0.25, 0.3) is 0 Å². The number of carbonyl (C=O) groups is 1. The number of amides is 1. The number of likely N-dealkylation sites (N-methyl/N-ethyl adjacent to an activating group) is 1. The van der Waals surface area contributed by atoms with E-state index >= 15 is 0 Å². The van der Waals surface area contributed by atoms with Crippen molar-refractivity contribution in [2.45, 2.75) is 19.4 Å². The highest BCUT2D eigenvalue weighted by atomic mass is 16.5. The molecule has 2 atom stereocenters. The standard InChI is InChI=1S/C22H30N4O2/c1-16(19-9-8-18-6-4-5-7-20(18)12-19)25-22(24-14-21(27)26(2)3)23-13-17-10-11-28-15-17/h4-9,12,16-17H,10-11,13-15H2,1-3H3,(H2,23,24,25). The lowest BCUT2D eigenvalue weighted by molar-refractivity contribution is -0.127. The number of carbonyl (C=O) groups excluding carboxylic acids is 1. The van der Waals surface area contributed by atoms with Crippen LogP contribution in [0, 0.1) is 5.92 Å². The van der Waals surface area contributed by atoms with Crippen molar-refractivity contribution in [2.75, 3.05) is 40.4 Å². The molecule has 6 nitrogen and oxygen atoms in total. The van der Waals surface area contributed by atoms with Crippen molar-refractivity contribution in [3.8, 4) is 0 Å². The second-order valence-corrected chi connectivity index (χ2v) is 7.54. The van der Waals surface area contributed by atoms with Crippen LogP contribution in [0.25, 0.3) is 10.8 Å². The van der Waals surface area contributed by atoms with Gasteiger partial charge in [-0.3, -0.25) is 4.79 Å². The molecule has 150 valence electrons. The van der Waals surface area contributed by atoms with E-state index in [9.17, 15) is 4.79 Å². The number of benzene rings is 2. The highest BCUT2D eigenvalue weighted by Crippen LogP contribution is 2.20. The van der Waals surface area contributed by atoms with Gasteiger partial charge in [-0.1, -0.05) is 36.4 Å². The first-order valence-electron chi connectivity index (χ1n) is 9.84. The monoisotopic (exact) mass is 382 g/mol. The number of rotatable bonds is 6. The Morgan fingerprint density at radius 3 is 2.75 bits per heavy atom. The number of nitrogens with one attached hydrogen (secondary N) is 2. The van der Waals surface area contributed by atoms with Gasteiger partial charge in [0, 0.05) is 33.2 Å². The quantitative estimate of drug-likeness (QED) is 0.595. The van der Waals surface area contributed by atoms with Crippen LogP contribution in [-0.2, 0) is 9.53 Å². The summed E-state index contributed by atoms with van der Waals surface area (Å²) in [6.45, 7) is 4.60. The van der Waals surface area contributed by atoms with Crippen LogP contribution >= 0.6 is 0 Å². The Morgan fingerprint density at radius 1 is 1.25 bits per heavy atom. The van der Waals surface area contributed by atoms with Gasteiger partial charge in [-0.05, 0) is 35.7 Å². The number of fused-ring (bicyclic) bond motifs is 1. The Morgan fingerprint density at radius 2 is 2.04 bits per heavy atom. The largest absolute Gasteiger partial charge is 0.381 e. The minimum Gasteiger partial charge on any atom is -0.381 e. The average Bonchev–Trinajstić information content (AvgIpc) is 3.22. The van der Waals surface area contributed by atoms with Crippen molar-refractivity contribution in [1.29, 1.82) is 0 Å². The molecule has 2 aromatic rings. The lowest BCUT2D eigenvalue weighted by Crippen LogP contribution is -2.42. The van der Waals surface area contributed by atoms with Crippen LogP contribution in [0.3, 0.4) is 0 Å². The third-order valence-electron chi connectivity index (χ3n) is 5.08. The lowest BCUT2D eigenvalue weighted by atomic mass is 10.0. The molecule has 2 unspecified atom stereocenters. The molecule has 0 aliphatic carbocycles. The van der Waals surface area contributed by atoms with E-state index in [1.807, 2.05) is 6.07 Å². The smallest absolute Gasteiger partial charge is 0.243 e. The van der Waals surface area contributed by atoms with Gasteiger partial charge in [0.1, 0.15) is 6.54 Å². The third-order valence-corrected chi connectivity index (χ3v) is 5.08. The van der Waals surface area contributed by atoms with Crippen molar-refractivity contribution >= 4 is 22.6 Å². The van der Waals surface area contributed by atoms with E-state index in [-0.39, 0.29) is 18.5 Å². The third kappa shape index (κ3) is 5.45. The fourth-order valence-corrected chi connectivity index (χ4v) is 3.19. The summed E-state index contributed by atoms with van der Waals surface area (Å²) >= 11 is 0. The van der Waals surface area contributed by atoms with Gasteiger partial charge in [0.15, 0.2) is 5.96 Å². The van der Waals surface area contributed by atoms with Crippen LogP contribution in [0.15, 0.2) is 47.5 Å². The first kappa shape index (κ1) is 20.1. The number of aliphatic imine (C=N–C) groups is 1. The van der Waals surface area contributed by atoms with Gasteiger partial charge in [-0.15, -0.1) is 0 Å². The maximum atomic E-state index is 12.0. The van der Waals surface area contributed by atoms with Crippen LogP contribution in [0.5, 0.6) is 0 Å². The van der Waals surface area contributed by atoms with Crippen molar-refractivity contribution in [2.24, 2.45) is 10.9 Å². The summed E-state index contributed by atoms with van der Waals surface area (Å²) in [5.41, 5.74) is 1.18. The van der Waals surface area contributed by atoms with E-state index in [1.165, 1.54) is 16.3 Å². The number of nitrogens with zero attached hydrogens (tertiary/aromatic N) is 2. The van der Waals surface area contributed by atoms with Crippen molar-refractivity contribution < 1.29 is 9.53 Å². The predicted octanol–water partition coefficient (Wildman–Crippen LogP) is 2.56. The second kappa shape index (κ2) is 9.55. The molecular weight excluding hydrogens is 352 g/mol. The van der Waals surface area contributed by atoms with Crippen LogP contribution < -0.4 is 10.6 Å². The van der Waals surface area contributed by atoms with Gasteiger partial charge in [0.05, 0.1) is 12.6 Å². The zero-order valence-corrected chi connectivity index (χ0v) is 16.9. The Labute approximate surface area is 167 Å². The number of ether oxygens (including phenoxy) is 1. The molecule has 1 aliphatic rings. The highest BCUT2D eigenvalue weighted by Gasteiger charge is 2.17. The van der Waals surface area contributed by atoms with Crippen LogP contribution in [0.4, 0.5) is 0 Å². The van der Waals surface area contributed by atoms with Crippen molar-refractivity contribution in [1.82, 2.24) is 15.5 Å². The average molecular weight is 383 g/mol. The summed E-state index contributed by atoms with van der Waals surface area (Å²) in [6, 6.07) is 14.9. The number of hydrogen-bond donors (Lipinski definition) is 2. The molecule has 1 fully saturated rings. The zero-order chi connectivity index (χ0) is 19.9. The van der Waals surface area contributed by atoms with E-state index in [0.29, 0.717) is 11.9 Å². The molecule has 0 aromatic heterocycles. The summed E-state index contributed by atoms with van der Waals surface area (Å²) in [5.74, 6) is 1.11. The van der Waals surface area contributed by atoms with Crippen molar-refractivity contribution in [3.63, 3.8) is 0 Å². The Hall–Kier alpha value is -2.60. The van der Waals surface area contributed by atoms with E-state index < -0.39 is 0 Å². The maximum absolute atomic E-state index is 12.0. The topological polar surface area (TPSA) is 66.0 Å². The first-order valence-corrected chi connectivity index (χ1v) is 9.84. The molecule has 0 radical (unpaired) electrons. The lowest BCUT2D eigenvalue weighted by Gasteiger charge is -2.20. The second-order valence-electron chi connectivity index (χ2n) is 7.54. The maximum Gasteiger partial charge on any atom is 0.243 e. The van der Waals surface area contributed by atoms with Crippen LogP contribution in [-0.4, -0.2) is 57.2 Å². The summed E-state index contributed by atoms with van der Waals surface area (Å²) in [6.07, 6.45) is 1.05. The molecule has 3 rings (SSSR count). The summed E-state index contributed by atoms with van der Waals surface area (Å²) in [7, 11) is 3.48. The first-order chi connectivity index (χ1) is 13.5. The fraction of sp³-hybridized carbons (Fsp3) is 0.455. The summed E-state index contributed by atoms with van der Waals surface area (Å²) in [4.78, 5) is 18.0. The molecule has 0 bridgehead atoms. The molecule has 2 N–H and O–H groups in total. The predicted molar refractivity (Wildman–Crippen MR) is 113 cm³/mol. The van der Waals surface area contributed by atoms with E-state index in [4.69, 9.17) is 4.74 Å². The van der Waals surface area contributed by atoms with E-state index in [1.54, 1.807) is 19.0 Å². The van der Waals surface area contributed by atoms with Gasteiger partial charge in [0.2, 0.25) is 5.91 Å². The van der Waals surface area contributed by atoms with Gasteiger partial charge >= 0.3 is 0 Å². The van der Waals surface area contributed by atoms with Gasteiger partial charge in [-0.25, -0.2) is 4.99 Å². The summed E-state index contributed by atoms with van der Waals surface area (Å²) in [5, 5.41) is 9.26. The van der Waals surface area contributed by atoms with Crippen LogP contribution in [0.2, 0.25) is 0 Å². The van der Waals surface area contributed by atoms with Gasteiger partial charge in [-0.2, -0.15) is 0 Å². The Kier molecular flexibility index (Phi) is 6.87. The molecule has 1 heterocycles. The number of hydrogen-bond acceptors (Lipinski definition) is 3. The molecule has 1 aliphatic heterocycles. The summed E-state index contributed by atoms with van der Waals surface area (Å²) < 4.78 is 5.45. The highest BCUT2D eigenvalue weighted by molar-refractivity contribution is 5.86. The molecule has 0 saturated carbocycles. The van der Waals surface area contributed by atoms with E-state index in [0.717, 1.165) is 26.2 Å². The molecular formula is C22H30N4O2. The van der Waals surface area contributed by atoms with Crippen LogP contribution in [0.1, 0.15) is 24.9 Å². The molecule has 1 amide bonds. The molecule has 2 aromatic carbocycles. The SMILES string of the molecule is CC(NC(=NCC(=O)N(C)C)NCC1CCOC1)c1ccc2ccccc2c1. The van der Waals surface area contributed by atoms with E-state index in [2.05, 4.69) is 58.9 Å². The Bertz CT molecular complexity index is 828. The number of guanidine groups is 1. The Balaban J connectivity index is 1.69. The minimum absolute atomic E-state index is 0.0244. The van der Waals surface area contributed by atoms with Crippen molar-refractivity contribution in [3.05, 3.63) is 48.0 Å². The molecule has 6 heteroatoms.